The van der Waals surface area contributed by atoms with Gasteiger partial charge in [0.2, 0.25) is 11.7 Å². The third kappa shape index (κ3) is 3.76. The lowest BCUT2D eigenvalue weighted by atomic mass is 9.97. The molecule has 1 saturated heterocycles. The summed E-state index contributed by atoms with van der Waals surface area (Å²) in [5.41, 5.74) is 2.22. The van der Waals surface area contributed by atoms with Crippen molar-refractivity contribution in [2.45, 2.75) is 32.7 Å². The molecule has 2 heterocycles. The van der Waals surface area contributed by atoms with Crippen molar-refractivity contribution in [3.05, 3.63) is 35.7 Å². The summed E-state index contributed by atoms with van der Waals surface area (Å²) >= 11 is 0. The average molecular weight is 315 g/mol. The second kappa shape index (κ2) is 6.91. The van der Waals surface area contributed by atoms with Gasteiger partial charge in [-0.05, 0) is 37.9 Å². The van der Waals surface area contributed by atoms with E-state index in [-0.39, 0.29) is 5.92 Å². The summed E-state index contributed by atoms with van der Waals surface area (Å²) in [6.45, 7) is 4.20. The number of benzene rings is 1. The summed E-state index contributed by atoms with van der Waals surface area (Å²) in [5.74, 6) is 0.262. The highest BCUT2D eigenvalue weighted by molar-refractivity contribution is 5.70. The van der Waals surface area contributed by atoms with Gasteiger partial charge in [-0.3, -0.25) is 9.69 Å². The van der Waals surface area contributed by atoms with E-state index in [9.17, 15) is 4.79 Å². The highest BCUT2D eigenvalue weighted by atomic mass is 16.5. The molecule has 23 heavy (non-hydrogen) atoms. The fourth-order valence-corrected chi connectivity index (χ4v) is 2.86. The summed E-state index contributed by atoms with van der Waals surface area (Å²) in [4.78, 5) is 17.6. The molecule has 1 N–H and O–H groups in total. The van der Waals surface area contributed by atoms with Gasteiger partial charge in [0, 0.05) is 5.56 Å². The molecule has 1 aromatic heterocycles. The first-order valence-electron chi connectivity index (χ1n) is 8.02. The summed E-state index contributed by atoms with van der Waals surface area (Å²) in [6.07, 6.45) is 2.35. The van der Waals surface area contributed by atoms with E-state index in [1.807, 2.05) is 12.1 Å². The first-order chi connectivity index (χ1) is 11.2. The minimum Gasteiger partial charge on any atom is -0.481 e. The van der Waals surface area contributed by atoms with E-state index in [1.165, 1.54) is 5.56 Å². The molecule has 1 aromatic carbocycles. The van der Waals surface area contributed by atoms with Gasteiger partial charge in [-0.15, -0.1) is 0 Å². The predicted octanol–water partition coefficient (Wildman–Crippen LogP) is 2.60. The van der Waals surface area contributed by atoms with Crippen molar-refractivity contribution >= 4 is 5.97 Å². The number of carboxylic acid groups (broad SMARTS) is 1. The second-order valence-corrected chi connectivity index (χ2v) is 5.95. The molecular formula is C17H21N3O3. The number of carbonyl (C=O) groups is 1. The van der Waals surface area contributed by atoms with Crippen molar-refractivity contribution in [1.82, 2.24) is 15.0 Å². The van der Waals surface area contributed by atoms with Crippen molar-refractivity contribution in [1.29, 1.82) is 0 Å². The molecule has 2 aromatic rings. The van der Waals surface area contributed by atoms with E-state index < -0.39 is 5.97 Å². The lowest BCUT2D eigenvalue weighted by Gasteiger charge is -2.28. The Balaban J connectivity index is 1.60. The van der Waals surface area contributed by atoms with Crippen molar-refractivity contribution in [2.24, 2.45) is 5.92 Å². The Morgan fingerprint density at radius 2 is 2.00 bits per heavy atom. The minimum absolute atomic E-state index is 0.221. The number of nitrogens with zero attached hydrogens (tertiary/aromatic N) is 3. The standard InChI is InChI=1S/C17H21N3O3/c1-2-12-3-5-13(6-4-12)16-18-15(23-19-16)11-20-9-7-14(8-10-20)17(21)22/h3-6,14H,2,7-11H2,1H3,(H,21,22). The maximum atomic E-state index is 11.0. The summed E-state index contributed by atoms with van der Waals surface area (Å²) in [5, 5.41) is 13.1. The SMILES string of the molecule is CCc1ccc(-c2noc(CN3CCC(C(=O)O)CC3)n2)cc1. The Hall–Kier alpha value is -2.21. The van der Waals surface area contributed by atoms with Crippen LogP contribution >= 0.6 is 0 Å². The summed E-state index contributed by atoms with van der Waals surface area (Å²) in [7, 11) is 0. The molecule has 0 radical (unpaired) electrons. The number of piperidine rings is 1. The molecule has 0 atom stereocenters. The van der Waals surface area contributed by atoms with Gasteiger partial charge in [-0.1, -0.05) is 36.3 Å². The fourth-order valence-electron chi connectivity index (χ4n) is 2.86. The molecule has 0 aliphatic carbocycles. The number of carboxylic acids is 1. The maximum Gasteiger partial charge on any atom is 0.306 e. The fraction of sp³-hybridized carbons (Fsp3) is 0.471. The van der Waals surface area contributed by atoms with Crippen LogP contribution < -0.4 is 0 Å². The Kier molecular flexibility index (Phi) is 4.71. The molecule has 0 unspecified atom stereocenters. The van der Waals surface area contributed by atoms with Crippen LogP contribution in [0.3, 0.4) is 0 Å². The van der Waals surface area contributed by atoms with E-state index in [0.29, 0.717) is 31.1 Å². The average Bonchev–Trinajstić information content (AvgIpc) is 3.04. The molecule has 1 aliphatic rings. The molecule has 0 saturated carbocycles. The van der Waals surface area contributed by atoms with Gasteiger partial charge in [0.1, 0.15) is 0 Å². The van der Waals surface area contributed by atoms with Crippen LogP contribution in [0.5, 0.6) is 0 Å². The van der Waals surface area contributed by atoms with Crippen molar-refractivity contribution < 1.29 is 14.4 Å². The first kappa shape index (κ1) is 15.7. The molecule has 0 spiro atoms. The first-order valence-corrected chi connectivity index (χ1v) is 8.02. The molecule has 3 rings (SSSR count). The molecule has 1 aliphatic heterocycles. The topological polar surface area (TPSA) is 79.5 Å². The monoisotopic (exact) mass is 315 g/mol. The largest absolute Gasteiger partial charge is 0.481 e. The van der Waals surface area contributed by atoms with Crippen LogP contribution in [0.25, 0.3) is 11.4 Å². The van der Waals surface area contributed by atoms with Crippen LogP contribution in [0.2, 0.25) is 0 Å². The highest BCUT2D eigenvalue weighted by Gasteiger charge is 2.25. The molecule has 1 fully saturated rings. The number of hydrogen-bond donors (Lipinski definition) is 1. The molecule has 0 amide bonds. The Labute approximate surface area is 135 Å². The highest BCUT2D eigenvalue weighted by Crippen LogP contribution is 2.20. The number of aliphatic carboxylic acids is 1. The second-order valence-electron chi connectivity index (χ2n) is 5.95. The van der Waals surface area contributed by atoms with Gasteiger partial charge in [0.25, 0.3) is 0 Å². The van der Waals surface area contributed by atoms with Crippen molar-refractivity contribution in [3.8, 4) is 11.4 Å². The van der Waals surface area contributed by atoms with E-state index in [2.05, 4.69) is 34.1 Å². The summed E-state index contributed by atoms with van der Waals surface area (Å²) < 4.78 is 5.33. The van der Waals surface area contributed by atoms with Gasteiger partial charge < -0.3 is 9.63 Å². The van der Waals surface area contributed by atoms with E-state index >= 15 is 0 Å². The minimum atomic E-state index is -0.694. The normalized spacial score (nSPS) is 16.6. The van der Waals surface area contributed by atoms with Crippen LogP contribution in [0, 0.1) is 5.92 Å². The number of rotatable bonds is 5. The van der Waals surface area contributed by atoms with Crippen molar-refractivity contribution in [2.75, 3.05) is 13.1 Å². The summed E-state index contributed by atoms with van der Waals surface area (Å²) in [6, 6.07) is 8.15. The zero-order chi connectivity index (χ0) is 16.2. The molecule has 122 valence electrons. The number of aromatic nitrogens is 2. The molecule has 0 bridgehead atoms. The van der Waals surface area contributed by atoms with E-state index in [1.54, 1.807) is 0 Å². The Bertz CT molecular complexity index is 658. The molecule has 6 nitrogen and oxygen atoms in total. The van der Waals surface area contributed by atoms with Crippen LogP contribution in [0.4, 0.5) is 0 Å². The van der Waals surface area contributed by atoms with Gasteiger partial charge in [-0.2, -0.15) is 4.98 Å². The van der Waals surface area contributed by atoms with Crippen LogP contribution in [-0.4, -0.2) is 39.2 Å². The zero-order valence-corrected chi connectivity index (χ0v) is 13.2. The third-order valence-corrected chi connectivity index (χ3v) is 4.38. The van der Waals surface area contributed by atoms with Crippen molar-refractivity contribution in [3.63, 3.8) is 0 Å². The maximum absolute atomic E-state index is 11.0. The Morgan fingerprint density at radius 3 is 2.61 bits per heavy atom. The Morgan fingerprint density at radius 1 is 1.30 bits per heavy atom. The zero-order valence-electron chi connectivity index (χ0n) is 13.2. The van der Waals surface area contributed by atoms with Crippen LogP contribution in [0.15, 0.2) is 28.8 Å². The predicted molar refractivity (Wildman–Crippen MR) is 84.7 cm³/mol. The number of likely N-dealkylation sites (tertiary alicyclic amines) is 1. The molecular weight excluding hydrogens is 294 g/mol. The van der Waals surface area contributed by atoms with Crippen LogP contribution in [-0.2, 0) is 17.8 Å². The number of hydrogen-bond acceptors (Lipinski definition) is 5. The van der Waals surface area contributed by atoms with Gasteiger partial charge in [0.15, 0.2) is 0 Å². The van der Waals surface area contributed by atoms with Gasteiger partial charge in [0.05, 0.1) is 12.5 Å². The lowest BCUT2D eigenvalue weighted by molar-refractivity contribution is -0.143. The van der Waals surface area contributed by atoms with E-state index in [4.69, 9.17) is 9.63 Å². The van der Waals surface area contributed by atoms with Gasteiger partial charge in [-0.25, -0.2) is 0 Å². The quantitative estimate of drug-likeness (QED) is 0.913. The third-order valence-electron chi connectivity index (χ3n) is 4.38. The van der Waals surface area contributed by atoms with E-state index in [0.717, 1.165) is 25.1 Å². The number of aryl methyl sites for hydroxylation is 1. The molecule has 6 heteroatoms. The van der Waals surface area contributed by atoms with Crippen LogP contribution in [0.1, 0.15) is 31.2 Å². The van der Waals surface area contributed by atoms with Gasteiger partial charge >= 0.3 is 5.97 Å². The lowest BCUT2D eigenvalue weighted by Crippen LogP contribution is -2.35. The smallest absolute Gasteiger partial charge is 0.306 e.